The van der Waals surface area contributed by atoms with Crippen LogP contribution in [0.2, 0.25) is 0 Å². The van der Waals surface area contributed by atoms with Crippen LogP contribution in [0.5, 0.6) is 0 Å². The van der Waals surface area contributed by atoms with E-state index in [1.54, 1.807) is 0 Å². The molecule has 3 heterocycles. The van der Waals surface area contributed by atoms with Gasteiger partial charge in [0, 0.05) is 19.8 Å². The van der Waals surface area contributed by atoms with Crippen molar-refractivity contribution in [1.82, 2.24) is 0 Å². The summed E-state index contributed by atoms with van der Waals surface area (Å²) in [7, 11) is 0. The fourth-order valence-electron chi connectivity index (χ4n) is 6.67. The molecule has 3 aliphatic heterocycles. The van der Waals surface area contributed by atoms with Crippen molar-refractivity contribution < 1.29 is 104 Å². The van der Waals surface area contributed by atoms with Gasteiger partial charge in [-0.2, -0.15) is 0 Å². The first kappa shape index (κ1) is 49.0. The molecule has 0 radical (unpaired) electrons. The van der Waals surface area contributed by atoms with Crippen molar-refractivity contribution in [2.45, 2.75) is 117 Å². The predicted octanol–water partition coefficient (Wildman–Crippen LogP) is -5.41. The summed E-state index contributed by atoms with van der Waals surface area (Å²) in [5, 5.41) is 119. The summed E-state index contributed by atoms with van der Waals surface area (Å²) in [5.74, 6) is 0. The van der Waals surface area contributed by atoms with Crippen LogP contribution in [-0.2, 0) is 48.0 Å². The third-order valence-corrected chi connectivity index (χ3v) is 10.2. The maximum atomic E-state index is 10.3. The highest BCUT2D eigenvalue weighted by Crippen LogP contribution is 2.28. The maximum Gasteiger partial charge on any atom is 0.186 e. The minimum Gasteiger partial charge on any atom is -0.394 e. The number of rotatable bonds is 25. The molecular formula is C37H62O21. The molecule has 1 aromatic carbocycles. The van der Waals surface area contributed by atoms with Gasteiger partial charge in [-0.1, -0.05) is 30.3 Å². The highest BCUT2D eigenvalue weighted by molar-refractivity contribution is 5.26. The van der Waals surface area contributed by atoms with Crippen LogP contribution in [0.15, 0.2) is 30.3 Å². The molecule has 58 heavy (non-hydrogen) atoms. The Morgan fingerprint density at radius 2 is 0.724 bits per heavy atom. The number of hydrogen-bond donors (Lipinski definition) is 12. The Morgan fingerprint density at radius 1 is 0.414 bits per heavy atom. The largest absolute Gasteiger partial charge is 0.394 e. The first-order valence-corrected chi connectivity index (χ1v) is 19.4. The second-order valence-electron chi connectivity index (χ2n) is 14.6. The molecule has 0 aromatic heterocycles. The molecule has 0 saturated carbocycles. The lowest BCUT2D eigenvalue weighted by Crippen LogP contribution is -2.59. The van der Waals surface area contributed by atoms with E-state index < -0.39 is 117 Å². The normalized spacial score (nSPS) is 36.0. The van der Waals surface area contributed by atoms with E-state index in [1.165, 1.54) is 0 Å². The van der Waals surface area contributed by atoms with Gasteiger partial charge in [-0.15, -0.1) is 0 Å². The van der Waals surface area contributed by atoms with Crippen molar-refractivity contribution in [2.24, 2.45) is 0 Å². The van der Waals surface area contributed by atoms with E-state index in [2.05, 4.69) is 0 Å². The molecule has 3 aliphatic rings. The molecule has 1 aromatic rings. The Bertz CT molecular complexity index is 1130. The molecule has 4 rings (SSSR count). The van der Waals surface area contributed by atoms with Gasteiger partial charge in [0.25, 0.3) is 0 Å². The van der Waals surface area contributed by atoms with Crippen molar-refractivity contribution in [2.75, 3.05) is 79.3 Å². The molecule has 3 fully saturated rings. The summed E-state index contributed by atoms with van der Waals surface area (Å²) >= 11 is 0. The van der Waals surface area contributed by atoms with Gasteiger partial charge in [-0.05, 0) is 24.8 Å². The highest BCUT2D eigenvalue weighted by Gasteiger charge is 2.46. The van der Waals surface area contributed by atoms with Crippen molar-refractivity contribution in [3.05, 3.63) is 35.9 Å². The lowest BCUT2D eigenvalue weighted by molar-refractivity contribution is -0.301. The third kappa shape index (κ3) is 13.2. The van der Waals surface area contributed by atoms with Crippen LogP contribution < -0.4 is 0 Å². The summed E-state index contributed by atoms with van der Waals surface area (Å²) in [5.41, 5.74) is -0.0574. The predicted molar refractivity (Wildman–Crippen MR) is 194 cm³/mol. The fraction of sp³-hybridized carbons (Fsp3) is 0.838. The molecule has 21 heteroatoms. The van der Waals surface area contributed by atoms with Crippen LogP contribution in [-0.4, -0.2) is 233 Å². The summed E-state index contributed by atoms with van der Waals surface area (Å²) in [6.45, 7) is -0.837. The SMILES string of the molecule is OC[C@H]1O[C@H](OCCCOCC(COCCCO[C@H]2O[C@H](CO)[C@@H](O)[C@H](O)[C@@H]2O)(COCCCO[C@H]2O[C@H](CO)[C@@H](O)[C@H](O)[C@@H]2O)c2ccccc2)[C@@H](O)[C@@H](O)[C@@H]1O. The average molecular weight is 843 g/mol. The molecular weight excluding hydrogens is 780 g/mol. The molecule has 21 nitrogen and oxygen atoms in total. The van der Waals surface area contributed by atoms with E-state index in [0.717, 1.165) is 5.56 Å². The van der Waals surface area contributed by atoms with E-state index in [9.17, 15) is 61.3 Å². The third-order valence-electron chi connectivity index (χ3n) is 10.2. The van der Waals surface area contributed by atoms with E-state index in [0.29, 0.717) is 19.3 Å². The zero-order valence-electron chi connectivity index (χ0n) is 32.2. The lowest BCUT2D eigenvalue weighted by atomic mass is 9.82. The van der Waals surface area contributed by atoms with Gasteiger partial charge in [0.1, 0.15) is 73.2 Å². The highest BCUT2D eigenvalue weighted by atomic mass is 16.7. The van der Waals surface area contributed by atoms with Crippen molar-refractivity contribution >= 4 is 0 Å². The summed E-state index contributed by atoms with van der Waals surface area (Å²) < 4.78 is 51.3. The topological polar surface area (TPSA) is 326 Å². The first-order valence-electron chi connectivity index (χ1n) is 19.4. The molecule has 15 atom stereocenters. The summed E-state index contributed by atoms with van der Waals surface area (Å²) in [6.07, 6.45) is -20.1. The molecule has 0 bridgehead atoms. The van der Waals surface area contributed by atoms with Crippen LogP contribution in [0, 0.1) is 0 Å². The van der Waals surface area contributed by atoms with E-state index in [1.807, 2.05) is 30.3 Å². The molecule has 0 amide bonds. The number of aliphatic hydroxyl groups is 12. The zero-order valence-corrected chi connectivity index (χ0v) is 32.2. The molecule has 0 spiro atoms. The van der Waals surface area contributed by atoms with Gasteiger partial charge in [-0.25, -0.2) is 0 Å². The lowest BCUT2D eigenvalue weighted by Gasteiger charge is -2.39. The minimum absolute atomic E-state index is 0.0386. The number of ether oxygens (including phenoxy) is 9. The molecule has 3 saturated heterocycles. The molecule has 336 valence electrons. The second-order valence-corrected chi connectivity index (χ2v) is 14.6. The minimum atomic E-state index is -1.57. The Hall–Kier alpha value is -1.62. The maximum absolute atomic E-state index is 10.3. The summed E-state index contributed by atoms with van der Waals surface area (Å²) in [6, 6.07) is 9.33. The molecule has 0 aliphatic carbocycles. The van der Waals surface area contributed by atoms with Gasteiger partial charge >= 0.3 is 0 Å². The number of aliphatic hydroxyl groups excluding tert-OH is 12. The smallest absolute Gasteiger partial charge is 0.186 e. The Morgan fingerprint density at radius 3 is 1.02 bits per heavy atom. The van der Waals surface area contributed by atoms with Crippen LogP contribution in [0.4, 0.5) is 0 Å². The van der Waals surface area contributed by atoms with Crippen molar-refractivity contribution in [1.29, 1.82) is 0 Å². The zero-order chi connectivity index (χ0) is 42.2. The van der Waals surface area contributed by atoms with E-state index in [4.69, 9.17) is 42.6 Å². The number of benzene rings is 1. The van der Waals surface area contributed by atoms with Crippen LogP contribution in [0.25, 0.3) is 0 Å². The Balaban J connectivity index is 1.32. The Labute approximate surface area is 335 Å². The molecule has 12 N–H and O–H groups in total. The van der Waals surface area contributed by atoms with Crippen molar-refractivity contribution in [3.8, 4) is 0 Å². The van der Waals surface area contributed by atoms with Gasteiger partial charge in [0.15, 0.2) is 18.9 Å². The molecule has 0 unspecified atom stereocenters. The quantitative estimate of drug-likeness (QED) is 0.0409. The number of hydrogen-bond acceptors (Lipinski definition) is 21. The van der Waals surface area contributed by atoms with Crippen LogP contribution in [0.1, 0.15) is 24.8 Å². The fourth-order valence-corrected chi connectivity index (χ4v) is 6.67. The first-order chi connectivity index (χ1) is 27.9. The van der Waals surface area contributed by atoms with Crippen LogP contribution >= 0.6 is 0 Å². The van der Waals surface area contributed by atoms with Crippen LogP contribution in [0.3, 0.4) is 0 Å². The summed E-state index contributed by atoms with van der Waals surface area (Å²) in [4.78, 5) is 0. The van der Waals surface area contributed by atoms with Gasteiger partial charge < -0.3 is 104 Å². The van der Waals surface area contributed by atoms with E-state index >= 15 is 0 Å². The monoisotopic (exact) mass is 842 g/mol. The van der Waals surface area contributed by atoms with Crippen molar-refractivity contribution in [3.63, 3.8) is 0 Å². The van der Waals surface area contributed by atoms with Gasteiger partial charge in [0.05, 0.1) is 64.9 Å². The average Bonchev–Trinajstić information content (AvgIpc) is 3.24. The Kier molecular flexibility index (Phi) is 20.9. The van der Waals surface area contributed by atoms with Gasteiger partial charge in [0.2, 0.25) is 0 Å². The second kappa shape index (κ2) is 24.7. The van der Waals surface area contributed by atoms with Gasteiger partial charge in [-0.3, -0.25) is 0 Å². The standard InChI is InChI=1S/C37H62O21/c38-15-22-25(41)28(44)31(47)34(56-22)53-12-4-9-50-18-37(21-7-2-1-3-8-21,19-51-10-5-13-54-35-32(48)29(45)26(42)23(16-39)57-35)20-52-11-6-14-55-36-33(49)30(46)27(43)24(17-40)58-36/h1-3,7-8,22-36,38-49H,4-6,9-20H2/t22-,23-,24-,25-,26-,27-,28+,29+,30+,31+,32+,33+,34+,35+,36+/m1/s1. The van der Waals surface area contributed by atoms with E-state index in [-0.39, 0.29) is 59.5 Å².